The Bertz CT molecular complexity index is 812. The topological polar surface area (TPSA) is 31.6 Å². The maximum Gasteiger partial charge on any atom is 1.00 e. The molecule has 0 aliphatic carbocycles. The summed E-state index contributed by atoms with van der Waals surface area (Å²) in [7, 11) is 0. The van der Waals surface area contributed by atoms with Crippen LogP contribution in [-0.2, 0) is 0 Å². The number of aromatic amines is 2. The predicted octanol–water partition coefficient (Wildman–Crippen LogP) is 2.92. The van der Waals surface area contributed by atoms with E-state index in [9.17, 15) is 0 Å². The van der Waals surface area contributed by atoms with Gasteiger partial charge in [-0.25, -0.2) is 0 Å². The number of rotatable bonds is 0. The molecule has 2 heterocycles. The summed E-state index contributed by atoms with van der Waals surface area (Å²) in [5.41, 5.74) is 2.27. The van der Waals surface area contributed by atoms with Crippen molar-refractivity contribution in [3.63, 3.8) is 0 Å². The van der Waals surface area contributed by atoms with Crippen LogP contribution in [-0.4, -0.2) is 9.97 Å². The molecule has 100 valence electrons. The van der Waals surface area contributed by atoms with Gasteiger partial charge in [0.25, 0.3) is 0 Å². The fourth-order valence-electron chi connectivity index (χ4n) is 1.79. The Hall–Kier alpha value is -0.340. The Balaban J connectivity index is 0.000000147. The van der Waals surface area contributed by atoms with Crippen LogP contribution in [0.1, 0.15) is 0 Å². The first-order chi connectivity index (χ1) is 9.72. The molecule has 0 aliphatic rings. The van der Waals surface area contributed by atoms with Gasteiger partial charge in [0, 0.05) is 0 Å². The summed E-state index contributed by atoms with van der Waals surface area (Å²) in [6.07, 6.45) is 0. The molecule has 0 saturated carbocycles. The Morgan fingerprint density at radius 1 is 0.667 bits per heavy atom. The second-order valence-corrected chi connectivity index (χ2v) is 7.46. The normalized spacial score (nSPS) is 9.90. The minimum atomic E-state index is 0. The summed E-state index contributed by atoms with van der Waals surface area (Å²) >= 11 is 13.2. The molecule has 0 unspecified atom stereocenters. The molecule has 2 aromatic carbocycles. The van der Waals surface area contributed by atoms with Crippen molar-refractivity contribution < 1.29 is 29.6 Å². The van der Waals surface area contributed by atoms with Gasteiger partial charge in [-0.1, -0.05) is 24.3 Å². The number of para-hydroxylation sites is 2. The maximum atomic E-state index is 4.98. The van der Waals surface area contributed by atoms with E-state index in [2.05, 4.69) is 22.1 Å². The third-order valence-corrected chi connectivity index (χ3v) is 5.08. The average Bonchev–Trinajstić information content (AvgIpc) is 2.99. The van der Waals surface area contributed by atoms with Crippen LogP contribution < -0.4 is 29.6 Å². The molecule has 7 heteroatoms. The van der Waals surface area contributed by atoms with Crippen LogP contribution in [0, 0.1) is 7.91 Å². The average molecular weight is 358 g/mol. The summed E-state index contributed by atoms with van der Waals surface area (Å²) in [4.78, 5) is 6.18. The molecular formula is C14H10N2NaS4+. The summed E-state index contributed by atoms with van der Waals surface area (Å²) in [6, 6.07) is 16.2. The molecule has 2 N–H and O–H groups in total. The van der Waals surface area contributed by atoms with Gasteiger partial charge in [-0.15, -0.1) is 22.7 Å². The van der Waals surface area contributed by atoms with Crippen LogP contribution in [0.3, 0.4) is 0 Å². The number of hydrogen-bond donors (Lipinski definition) is 2. The molecule has 4 rings (SSSR count). The zero-order valence-electron chi connectivity index (χ0n) is 11.3. The summed E-state index contributed by atoms with van der Waals surface area (Å²) < 4.78 is 4.16. The van der Waals surface area contributed by atoms with Crippen LogP contribution in [0.15, 0.2) is 48.5 Å². The van der Waals surface area contributed by atoms with E-state index in [1.54, 1.807) is 22.7 Å². The Kier molecular flexibility index (Phi) is 6.31. The van der Waals surface area contributed by atoms with Crippen LogP contribution in [0.4, 0.5) is 0 Å². The molecule has 21 heavy (non-hydrogen) atoms. The number of thiazole rings is 2. The largest absolute Gasteiger partial charge is 1.00 e. The SMILES string of the molecule is S=c1[nH]c2ccccc2s1.S=c1[nH]c2ccccc2s1.[Na+]. The van der Waals surface area contributed by atoms with Crippen molar-refractivity contribution >= 4 is 67.5 Å². The van der Waals surface area contributed by atoms with Gasteiger partial charge < -0.3 is 9.97 Å². The van der Waals surface area contributed by atoms with Crippen LogP contribution >= 0.6 is 47.1 Å². The van der Waals surface area contributed by atoms with Gasteiger partial charge in [0.1, 0.15) is 0 Å². The molecule has 0 radical (unpaired) electrons. The molecule has 0 amide bonds. The summed E-state index contributed by atoms with van der Waals surface area (Å²) in [5, 5.41) is 0. The summed E-state index contributed by atoms with van der Waals surface area (Å²) in [5.74, 6) is 0. The van der Waals surface area contributed by atoms with E-state index in [4.69, 9.17) is 24.4 Å². The molecule has 0 bridgehead atoms. The van der Waals surface area contributed by atoms with E-state index in [1.807, 2.05) is 36.4 Å². The molecule has 0 aliphatic heterocycles. The van der Waals surface area contributed by atoms with E-state index in [0.29, 0.717) is 0 Å². The molecule has 4 aromatic rings. The van der Waals surface area contributed by atoms with Gasteiger partial charge in [-0.3, -0.25) is 0 Å². The van der Waals surface area contributed by atoms with E-state index in [0.717, 1.165) is 18.9 Å². The quantitative estimate of drug-likeness (QED) is 0.375. The van der Waals surface area contributed by atoms with Crippen molar-refractivity contribution in [2.75, 3.05) is 0 Å². The van der Waals surface area contributed by atoms with Crippen LogP contribution in [0.5, 0.6) is 0 Å². The molecular weight excluding hydrogens is 347 g/mol. The van der Waals surface area contributed by atoms with E-state index in [-0.39, 0.29) is 29.6 Å². The van der Waals surface area contributed by atoms with Gasteiger partial charge in [0.15, 0.2) is 7.91 Å². The minimum Gasteiger partial charge on any atom is -0.337 e. The van der Waals surface area contributed by atoms with Crippen LogP contribution in [0.2, 0.25) is 0 Å². The first kappa shape index (κ1) is 17.0. The third-order valence-electron chi connectivity index (χ3n) is 2.65. The molecule has 0 fully saturated rings. The Labute approximate surface area is 162 Å². The fraction of sp³-hybridized carbons (Fsp3) is 0. The van der Waals surface area contributed by atoms with E-state index >= 15 is 0 Å². The van der Waals surface area contributed by atoms with Crippen molar-refractivity contribution in [2.45, 2.75) is 0 Å². The molecule has 0 spiro atoms. The zero-order chi connectivity index (χ0) is 13.9. The predicted molar refractivity (Wildman–Crippen MR) is 94.0 cm³/mol. The monoisotopic (exact) mass is 357 g/mol. The molecule has 0 saturated heterocycles. The number of hydrogen-bond acceptors (Lipinski definition) is 4. The van der Waals surface area contributed by atoms with Gasteiger partial charge >= 0.3 is 29.6 Å². The van der Waals surface area contributed by atoms with E-state index in [1.165, 1.54) is 9.40 Å². The second kappa shape index (κ2) is 7.78. The number of H-pyrrole nitrogens is 2. The fourth-order valence-corrected chi connectivity index (χ4v) is 4.02. The smallest absolute Gasteiger partial charge is 0.337 e. The third kappa shape index (κ3) is 4.32. The van der Waals surface area contributed by atoms with Crippen molar-refractivity contribution in [3.05, 3.63) is 56.4 Å². The summed E-state index contributed by atoms with van der Waals surface area (Å²) in [6.45, 7) is 0. The van der Waals surface area contributed by atoms with Crippen molar-refractivity contribution in [1.82, 2.24) is 9.97 Å². The van der Waals surface area contributed by atoms with Crippen molar-refractivity contribution in [1.29, 1.82) is 0 Å². The number of benzene rings is 2. The Morgan fingerprint density at radius 3 is 1.43 bits per heavy atom. The van der Waals surface area contributed by atoms with Gasteiger partial charge in [0.2, 0.25) is 0 Å². The van der Waals surface area contributed by atoms with Gasteiger partial charge in [-0.2, -0.15) is 0 Å². The van der Waals surface area contributed by atoms with Crippen molar-refractivity contribution in [2.24, 2.45) is 0 Å². The Morgan fingerprint density at radius 2 is 1.05 bits per heavy atom. The standard InChI is InChI=1S/2C7H5NS2.Na/c2*9-7-8-5-3-1-2-4-6(5)10-7;/h2*1-4H,(H,8,9);/q;;+1. The number of fused-ring (bicyclic) bond motifs is 2. The molecule has 0 atom stereocenters. The first-order valence-corrected chi connectivity index (χ1v) is 8.33. The van der Waals surface area contributed by atoms with Crippen LogP contribution in [0.25, 0.3) is 20.4 Å². The first-order valence-electron chi connectivity index (χ1n) is 5.88. The maximum absolute atomic E-state index is 4.98. The molecule has 2 nitrogen and oxygen atoms in total. The zero-order valence-corrected chi connectivity index (χ0v) is 16.5. The van der Waals surface area contributed by atoms with Crippen molar-refractivity contribution in [3.8, 4) is 0 Å². The van der Waals surface area contributed by atoms with Gasteiger partial charge in [-0.05, 0) is 48.7 Å². The second-order valence-electron chi connectivity index (χ2n) is 4.02. The minimum absolute atomic E-state index is 0. The van der Waals surface area contributed by atoms with E-state index < -0.39 is 0 Å². The van der Waals surface area contributed by atoms with Gasteiger partial charge in [0.05, 0.1) is 20.4 Å². The molecule has 2 aromatic heterocycles. The number of nitrogens with one attached hydrogen (secondary N) is 2. The number of aromatic nitrogens is 2.